The van der Waals surface area contributed by atoms with Crippen LogP contribution in [0.5, 0.6) is 0 Å². The van der Waals surface area contributed by atoms with Crippen LogP contribution in [-0.4, -0.2) is 37.1 Å². The van der Waals surface area contributed by atoms with Crippen LogP contribution in [0.2, 0.25) is 0 Å². The van der Waals surface area contributed by atoms with Gasteiger partial charge in [-0.1, -0.05) is 33.1 Å². The number of hydrogen-bond donors (Lipinski definition) is 1. The molecule has 2 saturated carbocycles. The molecule has 0 aliphatic heterocycles. The van der Waals surface area contributed by atoms with E-state index in [-0.39, 0.29) is 0 Å². The highest BCUT2D eigenvalue weighted by Gasteiger charge is 2.32. The van der Waals surface area contributed by atoms with Crippen molar-refractivity contribution in [3.05, 3.63) is 0 Å². The van der Waals surface area contributed by atoms with Crippen molar-refractivity contribution in [2.24, 2.45) is 11.8 Å². The Bertz CT molecular complexity index is 248. The molecule has 3 atom stereocenters. The SMILES string of the molecule is CCC1CCC(NC)C(CN(CC)C2CCCC2)C1. The fraction of sp³-hybridized carbons (Fsp3) is 1.00. The van der Waals surface area contributed by atoms with Crippen LogP contribution in [0.1, 0.15) is 65.2 Å². The lowest BCUT2D eigenvalue weighted by Gasteiger charge is -2.40. The lowest BCUT2D eigenvalue weighted by Crippen LogP contribution is -2.46. The average Bonchev–Trinajstić information content (AvgIpc) is 2.98. The molecular formula is C17H34N2. The predicted molar refractivity (Wildman–Crippen MR) is 83.5 cm³/mol. The summed E-state index contributed by atoms with van der Waals surface area (Å²) in [6.07, 6.45) is 11.5. The van der Waals surface area contributed by atoms with Crippen LogP contribution in [0.15, 0.2) is 0 Å². The van der Waals surface area contributed by atoms with Crippen LogP contribution in [0, 0.1) is 11.8 Å². The van der Waals surface area contributed by atoms with Crippen molar-refractivity contribution in [1.82, 2.24) is 10.2 Å². The summed E-state index contributed by atoms with van der Waals surface area (Å²) in [6.45, 7) is 7.31. The summed E-state index contributed by atoms with van der Waals surface area (Å²) in [5.74, 6) is 1.86. The summed E-state index contributed by atoms with van der Waals surface area (Å²) in [5.41, 5.74) is 0. The Labute approximate surface area is 120 Å². The van der Waals surface area contributed by atoms with Crippen molar-refractivity contribution in [2.75, 3.05) is 20.1 Å². The van der Waals surface area contributed by atoms with E-state index in [1.165, 1.54) is 64.5 Å². The van der Waals surface area contributed by atoms with Crippen LogP contribution < -0.4 is 5.32 Å². The highest BCUT2D eigenvalue weighted by molar-refractivity contribution is 4.87. The fourth-order valence-corrected chi connectivity index (χ4v) is 4.42. The third-order valence-corrected chi connectivity index (χ3v) is 5.76. The van der Waals surface area contributed by atoms with Gasteiger partial charge in [0.25, 0.3) is 0 Å². The molecular weight excluding hydrogens is 232 g/mol. The molecule has 3 unspecified atom stereocenters. The number of nitrogens with one attached hydrogen (secondary N) is 1. The fourth-order valence-electron chi connectivity index (χ4n) is 4.42. The molecule has 2 aliphatic rings. The molecule has 0 aromatic heterocycles. The zero-order chi connectivity index (χ0) is 13.7. The van der Waals surface area contributed by atoms with Crippen molar-refractivity contribution >= 4 is 0 Å². The first-order chi connectivity index (χ1) is 9.28. The standard InChI is InChI=1S/C17H34N2/c1-4-14-10-11-17(18-3)15(12-14)13-19(5-2)16-8-6-7-9-16/h14-18H,4-13H2,1-3H3. The number of rotatable bonds is 6. The zero-order valence-electron chi connectivity index (χ0n) is 13.3. The zero-order valence-corrected chi connectivity index (χ0v) is 13.3. The van der Waals surface area contributed by atoms with Gasteiger partial charge in [0.15, 0.2) is 0 Å². The molecule has 0 spiro atoms. The van der Waals surface area contributed by atoms with E-state index < -0.39 is 0 Å². The summed E-state index contributed by atoms with van der Waals surface area (Å²) in [6, 6.07) is 1.66. The van der Waals surface area contributed by atoms with Crippen LogP contribution in [0.25, 0.3) is 0 Å². The van der Waals surface area contributed by atoms with Gasteiger partial charge in [-0.05, 0) is 57.5 Å². The predicted octanol–water partition coefficient (Wildman–Crippen LogP) is 3.67. The summed E-state index contributed by atoms with van der Waals surface area (Å²) in [5, 5.41) is 3.59. The minimum absolute atomic E-state index is 0.762. The average molecular weight is 266 g/mol. The van der Waals surface area contributed by atoms with Crippen molar-refractivity contribution in [3.8, 4) is 0 Å². The van der Waals surface area contributed by atoms with Gasteiger partial charge < -0.3 is 10.2 Å². The van der Waals surface area contributed by atoms with Crippen LogP contribution in [-0.2, 0) is 0 Å². The quantitative estimate of drug-likeness (QED) is 0.789. The van der Waals surface area contributed by atoms with Gasteiger partial charge >= 0.3 is 0 Å². The normalized spacial score (nSPS) is 33.2. The molecule has 19 heavy (non-hydrogen) atoms. The first kappa shape index (κ1) is 15.3. The van der Waals surface area contributed by atoms with Gasteiger partial charge in [0.2, 0.25) is 0 Å². The van der Waals surface area contributed by atoms with Crippen LogP contribution in [0.3, 0.4) is 0 Å². The van der Waals surface area contributed by atoms with Crippen LogP contribution in [0.4, 0.5) is 0 Å². The van der Waals surface area contributed by atoms with E-state index in [2.05, 4.69) is 31.1 Å². The molecule has 0 amide bonds. The summed E-state index contributed by atoms with van der Waals surface area (Å²) in [4.78, 5) is 2.79. The molecule has 0 saturated heterocycles. The minimum atomic E-state index is 0.762. The maximum Gasteiger partial charge on any atom is 0.0105 e. The third kappa shape index (κ3) is 3.95. The molecule has 2 heteroatoms. The molecule has 2 fully saturated rings. The molecule has 112 valence electrons. The Morgan fingerprint density at radius 3 is 2.37 bits per heavy atom. The van der Waals surface area contributed by atoms with E-state index in [1.807, 2.05) is 0 Å². The second kappa shape index (κ2) is 7.64. The van der Waals surface area contributed by atoms with E-state index in [1.54, 1.807) is 0 Å². The molecule has 0 bridgehead atoms. The lowest BCUT2D eigenvalue weighted by molar-refractivity contribution is 0.116. The summed E-state index contributed by atoms with van der Waals surface area (Å²) in [7, 11) is 2.16. The Morgan fingerprint density at radius 2 is 1.79 bits per heavy atom. The number of nitrogens with zero attached hydrogens (tertiary/aromatic N) is 1. The second-order valence-electron chi connectivity index (χ2n) is 6.77. The molecule has 2 aliphatic carbocycles. The van der Waals surface area contributed by atoms with Gasteiger partial charge in [-0.25, -0.2) is 0 Å². The number of hydrogen-bond acceptors (Lipinski definition) is 2. The molecule has 2 nitrogen and oxygen atoms in total. The second-order valence-corrected chi connectivity index (χ2v) is 6.77. The molecule has 0 aromatic rings. The Kier molecular flexibility index (Phi) is 6.15. The van der Waals surface area contributed by atoms with Crippen molar-refractivity contribution < 1.29 is 0 Å². The molecule has 2 rings (SSSR count). The van der Waals surface area contributed by atoms with Gasteiger partial charge in [0.1, 0.15) is 0 Å². The van der Waals surface area contributed by atoms with Crippen molar-refractivity contribution in [3.63, 3.8) is 0 Å². The first-order valence-corrected chi connectivity index (χ1v) is 8.69. The third-order valence-electron chi connectivity index (χ3n) is 5.76. The lowest BCUT2D eigenvalue weighted by atomic mass is 9.76. The van der Waals surface area contributed by atoms with Gasteiger partial charge in [-0.2, -0.15) is 0 Å². The molecule has 0 radical (unpaired) electrons. The topological polar surface area (TPSA) is 15.3 Å². The van der Waals surface area contributed by atoms with Gasteiger partial charge in [-0.3, -0.25) is 0 Å². The van der Waals surface area contributed by atoms with Gasteiger partial charge in [0, 0.05) is 18.6 Å². The Morgan fingerprint density at radius 1 is 1.05 bits per heavy atom. The monoisotopic (exact) mass is 266 g/mol. The van der Waals surface area contributed by atoms with Crippen LogP contribution >= 0.6 is 0 Å². The van der Waals surface area contributed by atoms with E-state index >= 15 is 0 Å². The van der Waals surface area contributed by atoms with Crippen molar-refractivity contribution in [2.45, 2.75) is 77.3 Å². The Hall–Kier alpha value is -0.0800. The maximum atomic E-state index is 3.59. The first-order valence-electron chi connectivity index (χ1n) is 8.69. The van der Waals surface area contributed by atoms with E-state index in [0.717, 1.165) is 23.9 Å². The van der Waals surface area contributed by atoms with Gasteiger partial charge in [-0.15, -0.1) is 0 Å². The molecule has 0 aromatic carbocycles. The highest BCUT2D eigenvalue weighted by Crippen LogP contribution is 2.33. The maximum absolute atomic E-state index is 3.59. The van der Waals surface area contributed by atoms with Crippen molar-refractivity contribution in [1.29, 1.82) is 0 Å². The van der Waals surface area contributed by atoms with E-state index in [4.69, 9.17) is 0 Å². The smallest absolute Gasteiger partial charge is 0.0105 e. The molecule has 0 heterocycles. The van der Waals surface area contributed by atoms with E-state index in [9.17, 15) is 0 Å². The highest BCUT2D eigenvalue weighted by atomic mass is 15.2. The minimum Gasteiger partial charge on any atom is -0.317 e. The largest absolute Gasteiger partial charge is 0.317 e. The summed E-state index contributed by atoms with van der Waals surface area (Å²) >= 11 is 0. The Balaban J connectivity index is 1.92. The van der Waals surface area contributed by atoms with Gasteiger partial charge in [0.05, 0.1) is 0 Å². The summed E-state index contributed by atoms with van der Waals surface area (Å²) < 4.78 is 0. The van der Waals surface area contributed by atoms with E-state index in [0.29, 0.717) is 0 Å². The molecule has 1 N–H and O–H groups in total.